The normalized spacial score (nSPS) is 10.8. The standard InChI is InChI=1S/C22H27N3O2S2.ClH/c1-16-9-11-17(12-10-16)28-15-20(26)25(14-6-13-24(2)3)22-23-21-18(27-4)7-5-8-19(21)29-22;/h5,7-12H,6,13-15H2,1-4H3;1H. The zero-order valence-electron chi connectivity index (χ0n) is 17.8. The molecular weight excluding hydrogens is 438 g/mol. The van der Waals surface area contributed by atoms with Crippen molar-refractivity contribution in [1.82, 2.24) is 9.88 Å². The van der Waals surface area contributed by atoms with Gasteiger partial charge in [0.15, 0.2) is 5.13 Å². The van der Waals surface area contributed by atoms with Crippen molar-refractivity contribution in [3.05, 3.63) is 48.0 Å². The maximum Gasteiger partial charge on any atom is 0.239 e. The number of rotatable bonds is 9. The van der Waals surface area contributed by atoms with E-state index in [4.69, 9.17) is 9.72 Å². The summed E-state index contributed by atoms with van der Waals surface area (Å²) in [6.07, 6.45) is 0.890. The number of methoxy groups -OCH3 is 1. The second-order valence-electron chi connectivity index (χ2n) is 7.11. The van der Waals surface area contributed by atoms with E-state index in [0.717, 1.165) is 39.0 Å². The van der Waals surface area contributed by atoms with Crippen molar-refractivity contribution in [1.29, 1.82) is 0 Å². The third kappa shape index (κ3) is 6.35. The number of carbonyl (C=O) groups is 1. The van der Waals surface area contributed by atoms with E-state index < -0.39 is 0 Å². The van der Waals surface area contributed by atoms with Gasteiger partial charge in [0.2, 0.25) is 5.91 Å². The number of thioether (sulfide) groups is 1. The van der Waals surface area contributed by atoms with Gasteiger partial charge in [-0.2, -0.15) is 0 Å². The van der Waals surface area contributed by atoms with Crippen LogP contribution in [0.5, 0.6) is 5.75 Å². The zero-order valence-corrected chi connectivity index (χ0v) is 20.2. The lowest BCUT2D eigenvalue weighted by molar-refractivity contribution is -0.116. The van der Waals surface area contributed by atoms with Gasteiger partial charge in [-0.1, -0.05) is 35.1 Å². The van der Waals surface area contributed by atoms with Crippen LogP contribution in [0.1, 0.15) is 12.0 Å². The molecular formula is C22H28ClN3O2S2. The highest BCUT2D eigenvalue weighted by molar-refractivity contribution is 8.00. The molecule has 1 amide bonds. The zero-order chi connectivity index (χ0) is 20.8. The average Bonchev–Trinajstić information content (AvgIpc) is 3.14. The highest BCUT2D eigenvalue weighted by Gasteiger charge is 2.21. The Hall–Kier alpha value is -1.80. The molecule has 1 heterocycles. The van der Waals surface area contributed by atoms with Gasteiger partial charge in [-0.05, 0) is 58.3 Å². The maximum absolute atomic E-state index is 13.1. The largest absolute Gasteiger partial charge is 0.494 e. The van der Waals surface area contributed by atoms with Crippen LogP contribution in [0.3, 0.4) is 0 Å². The molecule has 0 fully saturated rings. The topological polar surface area (TPSA) is 45.7 Å². The van der Waals surface area contributed by atoms with E-state index in [2.05, 4.69) is 36.1 Å². The number of carbonyl (C=O) groups excluding carboxylic acids is 1. The molecule has 0 spiro atoms. The number of ether oxygens (including phenoxy) is 1. The van der Waals surface area contributed by atoms with Gasteiger partial charge >= 0.3 is 0 Å². The van der Waals surface area contributed by atoms with Crippen molar-refractivity contribution < 1.29 is 9.53 Å². The number of aromatic nitrogens is 1. The number of nitrogens with zero attached hydrogens (tertiary/aromatic N) is 3. The van der Waals surface area contributed by atoms with Crippen LogP contribution in [-0.2, 0) is 4.79 Å². The van der Waals surface area contributed by atoms with Crippen LogP contribution >= 0.6 is 35.5 Å². The molecule has 162 valence electrons. The number of halogens is 1. The SMILES string of the molecule is COc1cccc2sc(N(CCCN(C)C)C(=O)CSc3ccc(C)cc3)nc12.Cl. The second kappa shape index (κ2) is 11.6. The molecule has 3 rings (SSSR count). The van der Waals surface area contributed by atoms with E-state index in [1.807, 2.05) is 37.2 Å². The molecule has 5 nitrogen and oxygen atoms in total. The molecule has 0 aliphatic carbocycles. The Labute approximate surface area is 192 Å². The van der Waals surface area contributed by atoms with Crippen molar-refractivity contribution in [3.63, 3.8) is 0 Å². The van der Waals surface area contributed by atoms with Gasteiger partial charge in [0, 0.05) is 11.4 Å². The second-order valence-corrected chi connectivity index (χ2v) is 9.17. The van der Waals surface area contributed by atoms with Gasteiger partial charge in [0.05, 0.1) is 17.6 Å². The van der Waals surface area contributed by atoms with E-state index in [9.17, 15) is 4.79 Å². The molecule has 30 heavy (non-hydrogen) atoms. The summed E-state index contributed by atoms with van der Waals surface area (Å²) in [6, 6.07) is 14.1. The summed E-state index contributed by atoms with van der Waals surface area (Å²) in [5.41, 5.74) is 2.03. The first kappa shape index (κ1) is 24.5. The molecule has 3 aromatic rings. The van der Waals surface area contributed by atoms with Gasteiger partial charge in [0.25, 0.3) is 0 Å². The first-order valence-electron chi connectivity index (χ1n) is 9.56. The van der Waals surface area contributed by atoms with Gasteiger partial charge < -0.3 is 9.64 Å². The third-order valence-corrected chi connectivity index (χ3v) is 6.53. The molecule has 0 aliphatic heterocycles. The minimum Gasteiger partial charge on any atom is -0.494 e. The number of fused-ring (bicyclic) bond motifs is 1. The molecule has 8 heteroatoms. The Morgan fingerprint density at radius 3 is 2.53 bits per heavy atom. The summed E-state index contributed by atoms with van der Waals surface area (Å²) in [7, 11) is 5.73. The third-order valence-electron chi connectivity index (χ3n) is 4.49. The summed E-state index contributed by atoms with van der Waals surface area (Å²) in [5, 5.41) is 0.734. The number of aryl methyl sites for hydroxylation is 1. The number of thiazole rings is 1. The lowest BCUT2D eigenvalue weighted by Gasteiger charge is -2.21. The van der Waals surface area contributed by atoms with Crippen LogP contribution in [0.15, 0.2) is 47.4 Å². The van der Waals surface area contributed by atoms with Crippen LogP contribution in [0.2, 0.25) is 0 Å². The van der Waals surface area contributed by atoms with E-state index in [1.165, 1.54) is 16.9 Å². The molecule has 0 atom stereocenters. The fourth-order valence-electron chi connectivity index (χ4n) is 2.92. The Morgan fingerprint density at radius 2 is 1.87 bits per heavy atom. The molecule has 2 aromatic carbocycles. The lowest BCUT2D eigenvalue weighted by Crippen LogP contribution is -2.34. The van der Waals surface area contributed by atoms with Crippen molar-refractivity contribution in [3.8, 4) is 5.75 Å². The van der Waals surface area contributed by atoms with E-state index in [-0.39, 0.29) is 18.3 Å². The number of para-hydroxylation sites is 1. The van der Waals surface area contributed by atoms with E-state index in [0.29, 0.717) is 12.3 Å². The molecule has 1 aromatic heterocycles. The summed E-state index contributed by atoms with van der Waals surface area (Å²) in [6.45, 7) is 3.63. The molecule has 0 bridgehead atoms. The quantitative estimate of drug-likeness (QED) is 0.411. The first-order valence-corrected chi connectivity index (χ1v) is 11.4. The molecule has 0 aliphatic rings. The van der Waals surface area contributed by atoms with Gasteiger partial charge in [-0.3, -0.25) is 9.69 Å². The highest BCUT2D eigenvalue weighted by Crippen LogP contribution is 2.34. The van der Waals surface area contributed by atoms with Crippen molar-refractivity contribution in [2.45, 2.75) is 18.2 Å². The Kier molecular flexibility index (Phi) is 9.42. The van der Waals surface area contributed by atoms with Crippen LogP contribution in [0.25, 0.3) is 10.2 Å². The number of hydrogen-bond acceptors (Lipinski definition) is 6. The number of anilines is 1. The number of hydrogen-bond donors (Lipinski definition) is 0. The molecule has 0 saturated heterocycles. The maximum atomic E-state index is 13.1. The van der Waals surface area contributed by atoms with Gasteiger partial charge in [0.1, 0.15) is 11.3 Å². The van der Waals surface area contributed by atoms with Crippen LogP contribution in [0, 0.1) is 6.92 Å². The van der Waals surface area contributed by atoms with Crippen LogP contribution < -0.4 is 9.64 Å². The fourth-order valence-corrected chi connectivity index (χ4v) is 4.72. The van der Waals surface area contributed by atoms with Gasteiger partial charge in [-0.15, -0.1) is 24.2 Å². The Bertz CT molecular complexity index is 961. The lowest BCUT2D eigenvalue weighted by atomic mass is 10.2. The minimum absolute atomic E-state index is 0. The summed E-state index contributed by atoms with van der Waals surface area (Å²) < 4.78 is 6.46. The number of benzene rings is 2. The highest BCUT2D eigenvalue weighted by atomic mass is 35.5. The molecule has 0 unspecified atom stereocenters. The average molecular weight is 466 g/mol. The van der Waals surface area contributed by atoms with Crippen molar-refractivity contribution in [2.75, 3.05) is 44.9 Å². The summed E-state index contributed by atoms with van der Waals surface area (Å²) >= 11 is 3.10. The van der Waals surface area contributed by atoms with E-state index >= 15 is 0 Å². The van der Waals surface area contributed by atoms with Crippen molar-refractivity contribution in [2.24, 2.45) is 0 Å². The predicted molar refractivity (Wildman–Crippen MR) is 131 cm³/mol. The summed E-state index contributed by atoms with van der Waals surface area (Å²) in [4.78, 5) is 22.9. The predicted octanol–water partition coefficient (Wildman–Crippen LogP) is 5.11. The molecule has 0 saturated carbocycles. The summed E-state index contributed by atoms with van der Waals surface area (Å²) in [5.74, 6) is 1.20. The fraction of sp³-hybridized carbons (Fsp3) is 0.364. The minimum atomic E-state index is 0. The first-order chi connectivity index (χ1) is 14.0. The Morgan fingerprint density at radius 1 is 1.13 bits per heavy atom. The Balaban J connectivity index is 0.00000320. The van der Waals surface area contributed by atoms with Crippen molar-refractivity contribution >= 4 is 56.8 Å². The van der Waals surface area contributed by atoms with E-state index in [1.54, 1.807) is 18.9 Å². The molecule has 0 N–H and O–H groups in total. The molecule has 0 radical (unpaired) electrons. The number of amides is 1. The van der Waals surface area contributed by atoms with Gasteiger partial charge in [-0.25, -0.2) is 4.98 Å². The van der Waals surface area contributed by atoms with Crippen LogP contribution in [-0.4, -0.2) is 55.8 Å². The smallest absolute Gasteiger partial charge is 0.239 e. The van der Waals surface area contributed by atoms with Crippen LogP contribution in [0.4, 0.5) is 5.13 Å². The monoisotopic (exact) mass is 465 g/mol.